The van der Waals surface area contributed by atoms with Gasteiger partial charge in [0.1, 0.15) is 5.75 Å². The summed E-state index contributed by atoms with van der Waals surface area (Å²) in [5.41, 5.74) is 12.2. The lowest BCUT2D eigenvalue weighted by Gasteiger charge is -2.01. The average molecular weight is 138 g/mol. The fourth-order valence-electron chi connectivity index (χ4n) is 0.764. The Morgan fingerprint density at radius 3 is 2.00 bits per heavy atom. The van der Waals surface area contributed by atoms with Gasteiger partial charge in [-0.2, -0.15) is 0 Å². The highest BCUT2D eigenvalue weighted by molar-refractivity contribution is 5.56. The molecular formula is C7H10N2O. The summed E-state index contributed by atoms with van der Waals surface area (Å²) in [6.07, 6.45) is 0. The predicted octanol–water partition coefficient (Wildman–Crippen LogP) is 0.860. The minimum atomic E-state index is 0.622. The monoisotopic (exact) mass is 138 g/mol. The zero-order valence-electron chi connectivity index (χ0n) is 5.79. The van der Waals surface area contributed by atoms with E-state index < -0.39 is 0 Å². The van der Waals surface area contributed by atoms with Crippen molar-refractivity contribution < 1.29 is 4.74 Å². The Morgan fingerprint density at radius 2 is 1.60 bits per heavy atom. The van der Waals surface area contributed by atoms with Gasteiger partial charge in [0.15, 0.2) is 0 Å². The molecule has 0 radical (unpaired) electrons. The summed E-state index contributed by atoms with van der Waals surface area (Å²) >= 11 is 0. The lowest BCUT2D eigenvalue weighted by atomic mass is 10.3. The number of ether oxygens (including phenoxy) is 1. The molecule has 0 aliphatic heterocycles. The minimum Gasteiger partial charge on any atom is -0.497 e. The molecule has 0 atom stereocenters. The Labute approximate surface area is 59.6 Å². The van der Waals surface area contributed by atoms with Crippen molar-refractivity contribution >= 4 is 11.4 Å². The van der Waals surface area contributed by atoms with Crippen LogP contribution in [0, 0.1) is 0 Å². The van der Waals surface area contributed by atoms with Crippen LogP contribution in [0.5, 0.6) is 5.75 Å². The van der Waals surface area contributed by atoms with Crippen molar-refractivity contribution in [2.24, 2.45) is 0 Å². The van der Waals surface area contributed by atoms with Crippen molar-refractivity contribution in [1.82, 2.24) is 0 Å². The molecule has 4 N–H and O–H groups in total. The molecule has 3 nitrogen and oxygen atoms in total. The SMILES string of the molecule is COc1cc(N)cc(N)c1. The second-order valence-electron chi connectivity index (χ2n) is 2.04. The van der Waals surface area contributed by atoms with E-state index in [1.165, 1.54) is 0 Å². The van der Waals surface area contributed by atoms with Gasteiger partial charge in [0.25, 0.3) is 0 Å². The van der Waals surface area contributed by atoms with Crippen LogP contribution in [0.4, 0.5) is 11.4 Å². The maximum absolute atomic E-state index is 5.48. The molecule has 54 valence electrons. The third kappa shape index (κ3) is 1.31. The molecule has 0 heterocycles. The molecule has 1 rings (SSSR count). The molecule has 0 fully saturated rings. The number of nitrogen functional groups attached to an aromatic ring is 2. The van der Waals surface area contributed by atoms with Crippen LogP contribution < -0.4 is 16.2 Å². The average Bonchev–Trinajstić information content (AvgIpc) is 1.85. The first kappa shape index (κ1) is 6.74. The van der Waals surface area contributed by atoms with Crippen LogP contribution >= 0.6 is 0 Å². The second kappa shape index (κ2) is 2.47. The fourth-order valence-corrected chi connectivity index (χ4v) is 0.764. The maximum atomic E-state index is 5.48. The van der Waals surface area contributed by atoms with Crippen molar-refractivity contribution in [3.63, 3.8) is 0 Å². The van der Waals surface area contributed by atoms with Crippen molar-refractivity contribution in [1.29, 1.82) is 0 Å². The van der Waals surface area contributed by atoms with Crippen LogP contribution in [-0.2, 0) is 0 Å². The molecule has 3 heteroatoms. The molecule has 0 aromatic heterocycles. The fraction of sp³-hybridized carbons (Fsp3) is 0.143. The summed E-state index contributed by atoms with van der Waals surface area (Å²) in [5.74, 6) is 0.692. The van der Waals surface area contributed by atoms with E-state index in [0.29, 0.717) is 17.1 Å². The Kier molecular flexibility index (Phi) is 1.67. The molecule has 10 heavy (non-hydrogen) atoms. The van der Waals surface area contributed by atoms with Crippen molar-refractivity contribution in [2.45, 2.75) is 0 Å². The summed E-state index contributed by atoms with van der Waals surface area (Å²) in [4.78, 5) is 0. The molecule has 0 aliphatic carbocycles. The van der Waals surface area contributed by atoms with E-state index in [2.05, 4.69) is 0 Å². The lowest BCUT2D eigenvalue weighted by Crippen LogP contribution is -1.91. The summed E-state index contributed by atoms with van der Waals surface area (Å²) in [5, 5.41) is 0. The van der Waals surface area contributed by atoms with E-state index in [0.717, 1.165) is 0 Å². The number of hydrogen-bond donors (Lipinski definition) is 2. The first-order valence-corrected chi connectivity index (χ1v) is 2.92. The van der Waals surface area contributed by atoms with Crippen molar-refractivity contribution in [2.75, 3.05) is 18.6 Å². The second-order valence-corrected chi connectivity index (χ2v) is 2.04. The van der Waals surface area contributed by atoms with Gasteiger partial charge in [-0.15, -0.1) is 0 Å². The van der Waals surface area contributed by atoms with Crippen LogP contribution in [0.1, 0.15) is 0 Å². The smallest absolute Gasteiger partial charge is 0.122 e. The highest BCUT2D eigenvalue weighted by Crippen LogP contribution is 2.19. The van der Waals surface area contributed by atoms with Gasteiger partial charge < -0.3 is 16.2 Å². The number of benzene rings is 1. The highest BCUT2D eigenvalue weighted by Gasteiger charge is 1.93. The summed E-state index contributed by atoms with van der Waals surface area (Å²) in [7, 11) is 1.58. The predicted molar refractivity (Wildman–Crippen MR) is 41.8 cm³/mol. The van der Waals surface area contributed by atoms with Crippen LogP contribution in [-0.4, -0.2) is 7.11 Å². The summed E-state index contributed by atoms with van der Waals surface area (Å²) in [6, 6.07) is 5.12. The van der Waals surface area contributed by atoms with Gasteiger partial charge in [-0.3, -0.25) is 0 Å². The van der Waals surface area contributed by atoms with Crippen molar-refractivity contribution in [3.05, 3.63) is 18.2 Å². The molecule has 0 amide bonds. The molecule has 0 spiro atoms. The number of rotatable bonds is 1. The largest absolute Gasteiger partial charge is 0.497 e. The van der Waals surface area contributed by atoms with Gasteiger partial charge >= 0.3 is 0 Å². The van der Waals surface area contributed by atoms with E-state index in [4.69, 9.17) is 16.2 Å². The van der Waals surface area contributed by atoms with Crippen LogP contribution in [0.2, 0.25) is 0 Å². The van der Waals surface area contributed by atoms with Gasteiger partial charge in [-0.25, -0.2) is 0 Å². The van der Waals surface area contributed by atoms with Crippen LogP contribution in [0.25, 0.3) is 0 Å². The van der Waals surface area contributed by atoms with Gasteiger partial charge in [-0.1, -0.05) is 0 Å². The van der Waals surface area contributed by atoms with Gasteiger partial charge in [0, 0.05) is 23.5 Å². The molecule has 0 saturated heterocycles. The van der Waals surface area contributed by atoms with Gasteiger partial charge in [0.2, 0.25) is 0 Å². The summed E-state index contributed by atoms with van der Waals surface area (Å²) < 4.78 is 4.92. The van der Waals surface area contributed by atoms with E-state index in [1.54, 1.807) is 25.3 Å². The Hall–Kier alpha value is -1.38. The van der Waals surface area contributed by atoms with Crippen LogP contribution in [0.15, 0.2) is 18.2 Å². The molecular weight excluding hydrogens is 128 g/mol. The van der Waals surface area contributed by atoms with E-state index >= 15 is 0 Å². The first-order valence-electron chi connectivity index (χ1n) is 2.92. The third-order valence-corrected chi connectivity index (χ3v) is 1.19. The molecule has 1 aromatic carbocycles. The molecule has 0 unspecified atom stereocenters. The van der Waals surface area contributed by atoms with Gasteiger partial charge in [0.05, 0.1) is 7.11 Å². The number of methoxy groups -OCH3 is 1. The number of nitrogens with two attached hydrogens (primary N) is 2. The van der Waals surface area contributed by atoms with E-state index in [-0.39, 0.29) is 0 Å². The zero-order valence-corrected chi connectivity index (χ0v) is 5.79. The molecule has 0 saturated carbocycles. The molecule has 0 aliphatic rings. The quantitative estimate of drug-likeness (QED) is 0.566. The maximum Gasteiger partial charge on any atom is 0.122 e. The normalized spacial score (nSPS) is 9.30. The Balaban J connectivity index is 3.06. The Bertz CT molecular complexity index is 215. The standard InChI is InChI=1S/C7H10N2O/c1-10-7-3-5(8)2-6(9)4-7/h2-4H,8-9H2,1H3. The number of anilines is 2. The highest BCUT2D eigenvalue weighted by atomic mass is 16.5. The first-order chi connectivity index (χ1) is 4.72. The van der Waals surface area contributed by atoms with E-state index in [1.807, 2.05) is 0 Å². The lowest BCUT2D eigenvalue weighted by molar-refractivity contribution is 0.415. The zero-order chi connectivity index (χ0) is 7.56. The van der Waals surface area contributed by atoms with Crippen LogP contribution in [0.3, 0.4) is 0 Å². The Morgan fingerprint density at radius 1 is 1.10 bits per heavy atom. The third-order valence-electron chi connectivity index (χ3n) is 1.19. The van der Waals surface area contributed by atoms with Gasteiger partial charge in [-0.05, 0) is 6.07 Å². The molecule has 0 bridgehead atoms. The minimum absolute atomic E-state index is 0.622. The topological polar surface area (TPSA) is 61.3 Å². The van der Waals surface area contributed by atoms with Crippen molar-refractivity contribution in [3.8, 4) is 5.75 Å². The van der Waals surface area contributed by atoms with E-state index in [9.17, 15) is 0 Å². The number of hydrogen-bond acceptors (Lipinski definition) is 3. The molecule has 1 aromatic rings. The summed E-state index contributed by atoms with van der Waals surface area (Å²) in [6.45, 7) is 0.